The molecule has 2 aromatic carbocycles. The van der Waals surface area contributed by atoms with Crippen LogP contribution in [0.25, 0.3) is 10.2 Å². The topological polar surface area (TPSA) is 39.7 Å². The van der Waals surface area contributed by atoms with Gasteiger partial charge in [0.1, 0.15) is 6.17 Å². The number of halogens is 1. The second-order valence-electron chi connectivity index (χ2n) is 6.20. The summed E-state index contributed by atoms with van der Waals surface area (Å²) in [6, 6.07) is 18.2. The van der Waals surface area contributed by atoms with E-state index >= 15 is 0 Å². The zero-order valence-electron chi connectivity index (χ0n) is 14.4. The number of anilines is 2. The summed E-state index contributed by atoms with van der Waals surface area (Å²) in [6.45, 7) is 1.44. The van der Waals surface area contributed by atoms with E-state index < -0.39 is 0 Å². The zero-order chi connectivity index (χ0) is 18.1. The first-order valence-corrected chi connectivity index (χ1v) is 10.4. The van der Waals surface area contributed by atoms with Crippen molar-refractivity contribution in [2.75, 3.05) is 35.3 Å². The van der Waals surface area contributed by atoms with Crippen LogP contribution in [0.1, 0.15) is 0 Å². The van der Waals surface area contributed by atoms with E-state index in [1.165, 1.54) is 0 Å². The number of thiazole rings is 1. The molecule has 0 aliphatic carbocycles. The number of alkyl halides is 1. The number of hydrogen-bond acceptors (Lipinski definition) is 4. The normalized spacial score (nSPS) is 17.3. The molecule has 1 aromatic heterocycles. The van der Waals surface area contributed by atoms with E-state index in [2.05, 4.69) is 33.0 Å². The van der Waals surface area contributed by atoms with E-state index in [0.29, 0.717) is 6.54 Å². The van der Waals surface area contributed by atoms with Crippen LogP contribution in [0.15, 0.2) is 54.6 Å². The van der Waals surface area contributed by atoms with Crippen molar-refractivity contribution >= 4 is 54.3 Å². The third kappa shape index (κ3) is 3.05. The SMILES string of the molecule is CN1CC(N(CCBr)c2ccccc2)N(c2nc3ccccc3s2)C1=O. The van der Waals surface area contributed by atoms with Gasteiger partial charge in [-0.25, -0.2) is 14.7 Å². The van der Waals surface area contributed by atoms with Crippen LogP contribution in [0.5, 0.6) is 0 Å². The minimum absolute atomic E-state index is 0.00967. The number of hydrogen-bond donors (Lipinski definition) is 0. The van der Waals surface area contributed by atoms with Crippen molar-refractivity contribution in [3.05, 3.63) is 54.6 Å². The number of carbonyl (C=O) groups excluding carboxylic acids is 1. The monoisotopic (exact) mass is 430 g/mol. The molecule has 1 aliphatic rings. The summed E-state index contributed by atoms with van der Waals surface area (Å²) in [4.78, 5) is 23.5. The first kappa shape index (κ1) is 17.3. The Balaban J connectivity index is 1.76. The van der Waals surface area contributed by atoms with Crippen molar-refractivity contribution in [1.82, 2.24) is 9.88 Å². The molecule has 0 saturated carbocycles. The summed E-state index contributed by atoms with van der Waals surface area (Å²) in [6.07, 6.45) is -0.0898. The van der Waals surface area contributed by atoms with Gasteiger partial charge in [0.15, 0.2) is 5.13 Å². The first-order chi connectivity index (χ1) is 12.7. The Morgan fingerprint density at radius 2 is 1.92 bits per heavy atom. The number of urea groups is 1. The smallest absolute Gasteiger partial charge is 0.327 e. The van der Waals surface area contributed by atoms with E-state index in [1.807, 2.05) is 54.4 Å². The lowest BCUT2D eigenvalue weighted by atomic mass is 10.2. The number of benzene rings is 2. The largest absolute Gasteiger partial charge is 0.348 e. The van der Waals surface area contributed by atoms with Crippen LogP contribution in [0, 0.1) is 0 Å². The molecule has 3 aromatic rings. The van der Waals surface area contributed by atoms with Crippen LogP contribution in [0.2, 0.25) is 0 Å². The van der Waals surface area contributed by atoms with Crippen LogP contribution in [-0.4, -0.2) is 47.5 Å². The summed E-state index contributed by atoms with van der Waals surface area (Å²) >= 11 is 5.12. The third-order valence-corrected chi connectivity index (χ3v) is 5.92. The third-order valence-electron chi connectivity index (χ3n) is 4.53. The van der Waals surface area contributed by atoms with Gasteiger partial charge in [0.25, 0.3) is 0 Å². The fourth-order valence-corrected chi connectivity index (χ4v) is 4.67. The lowest BCUT2D eigenvalue weighted by molar-refractivity contribution is 0.229. The molecule has 2 heterocycles. The molecule has 7 heteroatoms. The van der Waals surface area contributed by atoms with E-state index in [4.69, 9.17) is 4.98 Å². The maximum atomic E-state index is 12.9. The molecule has 1 unspecified atom stereocenters. The molecule has 0 radical (unpaired) electrons. The van der Waals surface area contributed by atoms with E-state index in [1.54, 1.807) is 16.2 Å². The highest BCUT2D eigenvalue weighted by atomic mass is 79.9. The molecular weight excluding hydrogens is 412 g/mol. The molecule has 1 saturated heterocycles. The average molecular weight is 431 g/mol. The number of likely N-dealkylation sites (N-methyl/N-ethyl adjacent to an activating group) is 1. The molecule has 0 spiro atoms. The number of para-hydroxylation sites is 2. The molecule has 26 heavy (non-hydrogen) atoms. The van der Waals surface area contributed by atoms with Gasteiger partial charge in [-0.2, -0.15) is 0 Å². The van der Waals surface area contributed by atoms with Gasteiger partial charge in [-0.3, -0.25) is 0 Å². The Bertz CT molecular complexity index is 883. The van der Waals surface area contributed by atoms with E-state index in [0.717, 1.165) is 32.9 Å². The van der Waals surface area contributed by atoms with Crippen LogP contribution in [-0.2, 0) is 0 Å². The number of carbonyl (C=O) groups is 1. The highest BCUT2D eigenvalue weighted by molar-refractivity contribution is 9.09. The van der Waals surface area contributed by atoms with Gasteiger partial charge in [-0.15, -0.1) is 0 Å². The van der Waals surface area contributed by atoms with Crippen molar-refractivity contribution < 1.29 is 4.79 Å². The van der Waals surface area contributed by atoms with Crippen LogP contribution < -0.4 is 9.80 Å². The fraction of sp³-hybridized carbons (Fsp3) is 0.263. The standard InChI is InChI=1S/C19H19BrN4OS/c1-22-13-17(23(12-11-20)14-7-3-2-4-8-14)24(19(22)25)18-21-15-9-5-6-10-16(15)26-18/h2-10,17H,11-13H2,1H3. The molecule has 5 nitrogen and oxygen atoms in total. The van der Waals surface area contributed by atoms with Gasteiger partial charge in [0.2, 0.25) is 0 Å². The Hall–Kier alpha value is -2.12. The van der Waals surface area contributed by atoms with Gasteiger partial charge in [-0.1, -0.05) is 57.6 Å². The van der Waals surface area contributed by atoms with Gasteiger partial charge in [0.05, 0.1) is 16.8 Å². The average Bonchev–Trinajstić information content (AvgIpc) is 3.21. The number of fused-ring (bicyclic) bond motifs is 1. The lowest BCUT2D eigenvalue weighted by Gasteiger charge is -2.34. The van der Waals surface area contributed by atoms with Gasteiger partial charge >= 0.3 is 6.03 Å². The van der Waals surface area contributed by atoms with Gasteiger partial charge in [-0.05, 0) is 24.3 Å². The summed E-state index contributed by atoms with van der Waals surface area (Å²) in [5, 5.41) is 1.57. The zero-order valence-corrected chi connectivity index (χ0v) is 16.8. The van der Waals surface area contributed by atoms with E-state index in [9.17, 15) is 4.79 Å². The summed E-state index contributed by atoms with van der Waals surface area (Å²) in [7, 11) is 1.85. The highest BCUT2D eigenvalue weighted by Gasteiger charge is 2.41. The predicted molar refractivity (Wildman–Crippen MR) is 111 cm³/mol. The number of aromatic nitrogens is 1. The Morgan fingerprint density at radius 1 is 1.19 bits per heavy atom. The van der Waals surface area contributed by atoms with Crippen molar-refractivity contribution in [1.29, 1.82) is 0 Å². The van der Waals surface area contributed by atoms with Crippen LogP contribution in [0.4, 0.5) is 15.6 Å². The first-order valence-electron chi connectivity index (χ1n) is 8.46. The maximum absolute atomic E-state index is 12.9. The number of amides is 2. The lowest BCUT2D eigenvalue weighted by Crippen LogP contribution is -2.48. The molecule has 1 fully saturated rings. The molecule has 1 atom stereocenters. The van der Waals surface area contributed by atoms with Crippen molar-refractivity contribution in [2.45, 2.75) is 6.17 Å². The van der Waals surface area contributed by atoms with Gasteiger partial charge < -0.3 is 9.80 Å². The van der Waals surface area contributed by atoms with E-state index in [-0.39, 0.29) is 12.2 Å². The molecule has 0 bridgehead atoms. The summed E-state index contributed by atoms with van der Waals surface area (Å²) in [5.41, 5.74) is 2.03. The number of rotatable bonds is 5. The molecule has 134 valence electrons. The molecule has 2 amide bonds. The minimum Gasteiger partial charge on any atom is -0.348 e. The Kier molecular flexibility index (Phi) is 4.82. The van der Waals surface area contributed by atoms with Crippen molar-refractivity contribution in [3.63, 3.8) is 0 Å². The highest BCUT2D eigenvalue weighted by Crippen LogP contribution is 2.34. The molecule has 0 N–H and O–H groups in total. The van der Waals surface area contributed by atoms with Crippen molar-refractivity contribution in [3.8, 4) is 0 Å². The molecule has 4 rings (SSSR count). The maximum Gasteiger partial charge on any atom is 0.327 e. The minimum atomic E-state index is -0.0898. The fourth-order valence-electron chi connectivity index (χ4n) is 3.29. The second kappa shape index (κ2) is 7.25. The summed E-state index contributed by atoms with van der Waals surface area (Å²) in [5.74, 6) is 0. The Labute approximate surface area is 165 Å². The quantitative estimate of drug-likeness (QED) is 0.563. The number of nitrogens with zero attached hydrogens (tertiary/aromatic N) is 4. The molecular formula is C19H19BrN4OS. The summed E-state index contributed by atoms with van der Waals surface area (Å²) < 4.78 is 1.09. The predicted octanol–water partition coefficient (Wildman–Crippen LogP) is 4.40. The Morgan fingerprint density at radius 3 is 2.65 bits per heavy atom. The van der Waals surface area contributed by atoms with Crippen LogP contribution >= 0.6 is 27.3 Å². The van der Waals surface area contributed by atoms with Crippen LogP contribution in [0.3, 0.4) is 0 Å². The van der Waals surface area contributed by atoms with Crippen molar-refractivity contribution in [2.24, 2.45) is 0 Å². The van der Waals surface area contributed by atoms with Gasteiger partial charge in [0, 0.05) is 24.6 Å². The molecule has 1 aliphatic heterocycles. The second-order valence-corrected chi connectivity index (χ2v) is 8.00.